The average Bonchev–Trinajstić information content (AvgIpc) is 2.44. The molecule has 124 valence electrons. The zero-order chi connectivity index (χ0) is 16.3. The van der Waals surface area contributed by atoms with E-state index in [0.717, 1.165) is 24.7 Å². The third-order valence-corrected chi connectivity index (χ3v) is 5.21. The number of hydrogen-bond acceptors (Lipinski definition) is 2. The number of benzene rings is 1. The second kappa shape index (κ2) is 7.23. The van der Waals surface area contributed by atoms with Crippen LogP contribution in [0.5, 0.6) is 0 Å². The van der Waals surface area contributed by atoms with Gasteiger partial charge in [0.2, 0.25) is 0 Å². The van der Waals surface area contributed by atoms with Gasteiger partial charge in [0.05, 0.1) is 0 Å². The predicted octanol–water partition coefficient (Wildman–Crippen LogP) is 5.34. The van der Waals surface area contributed by atoms with Crippen LogP contribution in [0, 0.1) is 0 Å². The number of hydrogen-bond donors (Lipinski definition) is 1. The van der Waals surface area contributed by atoms with E-state index in [1.54, 1.807) is 0 Å². The maximum absolute atomic E-state index is 6.57. The number of nitrogens with one attached hydrogen (secondary N) is 1. The fourth-order valence-corrected chi connectivity index (χ4v) is 3.91. The Kier molecular flexibility index (Phi) is 5.79. The number of fused-ring (bicyclic) bond motifs is 1. The van der Waals surface area contributed by atoms with Gasteiger partial charge in [0.1, 0.15) is 0 Å². The highest BCUT2D eigenvalue weighted by Crippen LogP contribution is 2.45. The first-order chi connectivity index (χ1) is 10.4. The molecule has 1 aromatic carbocycles. The minimum Gasteiger partial charge on any atom is -0.366 e. The minimum atomic E-state index is 0.202. The molecule has 0 bridgehead atoms. The zero-order valence-electron chi connectivity index (χ0n) is 14.8. The highest BCUT2D eigenvalue weighted by Gasteiger charge is 2.36. The molecule has 0 fully saturated rings. The van der Waals surface area contributed by atoms with Crippen molar-refractivity contribution in [1.29, 1.82) is 0 Å². The maximum atomic E-state index is 6.57. The summed E-state index contributed by atoms with van der Waals surface area (Å²) in [6, 6.07) is 4.54. The summed E-state index contributed by atoms with van der Waals surface area (Å²) >= 11 is 6.57. The summed E-state index contributed by atoms with van der Waals surface area (Å²) in [6.45, 7) is 14.4. The number of nitrogens with zero attached hydrogens (tertiary/aromatic N) is 1. The molecule has 0 radical (unpaired) electrons. The molecule has 3 heteroatoms. The lowest BCUT2D eigenvalue weighted by Gasteiger charge is -2.48. The molecule has 0 saturated heterocycles. The minimum absolute atomic E-state index is 0.202. The first-order valence-corrected chi connectivity index (χ1v) is 9.09. The lowest BCUT2D eigenvalue weighted by atomic mass is 9.79. The van der Waals surface area contributed by atoms with Gasteiger partial charge in [-0.15, -0.1) is 0 Å². The molecule has 2 rings (SSSR count). The number of rotatable bonds is 6. The van der Waals surface area contributed by atoms with E-state index < -0.39 is 0 Å². The molecule has 0 saturated carbocycles. The molecular weight excluding hydrogens is 292 g/mol. The van der Waals surface area contributed by atoms with Crippen molar-refractivity contribution in [2.45, 2.75) is 71.9 Å². The predicted molar refractivity (Wildman–Crippen MR) is 98.2 cm³/mol. The van der Waals surface area contributed by atoms with Gasteiger partial charge < -0.3 is 10.2 Å². The Morgan fingerprint density at radius 1 is 1.32 bits per heavy atom. The Morgan fingerprint density at radius 2 is 2.05 bits per heavy atom. The van der Waals surface area contributed by atoms with Crippen molar-refractivity contribution in [2.75, 3.05) is 18.0 Å². The van der Waals surface area contributed by atoms with Crippen LogP contribution in [-0.2, 0) is 6.54 Å². The monoisotopic (exact) mass is 322 g/mol. The second-order valence-corrected chi connectivity index (χ2v) is 7.61. The molecule has 0 aliphatic carbocycles. The van der Waals surface area contributed by atoms with Gasteiger partial charge in [-0.3, -0.25) is 0 Å². The summed E-state index contributed by atoms with van der Waals surface area (Å²) in [6.07, 6.45) is 3.66. The smallest absolute Gasteiger partial charge is 0.0471 e. The van der Waals surface area contributed by atoms with Crippen LogP contribution in [0.4, 0.5) is 5.69 Å². The van der Waals surface area contributed by atoms with Gasteiger partial charge in [-0.1, -0.05) is 44.9 Å². The summed E-state index contributed by atoms with van der Waals surface area (Å²) < 4.78 is 0. The van der Waals surface area contributed by atoms with Gasteiger partial charge >= 0.3 is 0 Å². The molecule has 1 aliphatic heterocycles. The lowest BCUT2D eigenvalue weighted by molar-refractivity contribution is 0.373. The summed E-state index contributed by atoms with van der Waals surface area (Å²) in [5, 5.41) is 4.29. The Hall–Kier alpha value is -0.730. The number of unbranched alkanes of at least 4 members (excludes halogenated alkanes) is 1. The van der Waals surface area contributed by atoms with Crippen molar-refractivity contribution >= 4 is 17.3 Å². The highest BCUT2D eigenvalue weighted by molar-refractivity contribution is 6.31. The Balaban J connectivity index is 2.41. The fourth-order valence-electron chi connectivity index (χ4n) is 3.69. The van der Waals surface area contributed by atoms with Crippen LogP contribution in [0.1, 0.15) is 70.9 Å². The molecule has 1 aliphatic rings. The van der Waals surface area contributed by atoms with Crippen LogP contribution in [0.2, 0.25) is 5.02 Å². The van der Waals surface area contributed by atoms with Gasteiger partial charge in [0.15, 0.2) is 0 Å². The van der Waals surface area contributed by atoms with E-state index in [1.165, 1.54) is 36.1 Å². The van der Waals surface area contributed by atoms with Crippen LogP contribution < -0.4 is 10.2 Å². The van der Waals surface area contributed by atoms with Gasteiger partial charge in [-0.05, 0) is 56.3 Å². The Labute approximate surface area is 141 Å². The second-order valence-electron chi connectivity index (χ2n) is 7.21. The lowest BCUT2D eigenvalue weighted by Crippen LogP contribution is -2.48. The van der Waals surface area contributed by atoms with E-state index in [0.29, 0.717) is 5.92 Å². The molecule has 1 aromatic rings. The molecule has 0 spiro atoms. The van der Waals surface area contributed by atoms with E-state index in [4.69, 9.17) is 11.6 Å². The molecule has 0 unspecified atom stereocenters. The summed E-state index contributed by atoms with van der Waals surface area (Å²) in [4.78, 5) is 2.58. The SMILES string of the molecule is CCCCN1c2cc(Cl)c(CNCC)cc2[C@@H](C)CC1(C)C. The topological polar surface area (TPSA) is 15.3 Å². The van der Waals surface area contributed by atoms with Crippen LogP contribution in [0.3, 0.4) is 0 Å². The van der Waals surface area contributed by atoms with Crippen molar-refractivity contribution in [3.8, 4) is 0 Å². The van der Waals surface area contributed by atoms with E-state index in [1.807, 2.05) is 0 Å². The normalized spacial score (nSPS) is 20.1. The van der Waals surface area contributed by atoms with Crippen molar-refractivity contribution in [3.05, 3.63) is 28.3 Å². The molecule has 0 aromatic heterocycles. The number of anilines is 1. The van der Waals surface area contributed by atoms with Gasteiger partial charge in [0.25, 0.3) is 0 Å². The average molecular weight is 323 g/mol. The molecule has 22 heavy (non-hydrogen) atoms. The van der Waals surface area contributed by atoms with Crippen LogP contribution >= 0.6 is 11.6 Å². The molecule has 1 N–H and O–H groups in total. The van der Waals surface area contributed by atoms with E-state index in [9.17, 15) is 0 Å². The molecule has 1 heterocycles. The third-order valence-electron chi connectivity index (χ3n) is 4.85. The first-order valence-electron chi connectivity index (χ1n) is 8.71. The van der Waals surface area contributed by atoms with E-state index in [-0.39, 0.29) is 5.54 Å². The van der Waals surface area contributed by atoms with Crippen molar-refractivity contribution in [3.63, 3.8) is 0 Å². The summed E-state index contributed by atoms with van der Waals surface area (Å²) in [7, 11) is 0. The molecule has 2 nitrogen and oxygen atoms in total. The van der Waals surface area contributed by atoms with Crippen molar-refractivity contribution < 1.29 is 0 Å². The summed E-state index contributed by atoms with van der Waals surface area (Å²) in [5.41, 5.74) is 4.24. The first kappa shape index (κ1) is 17.6. The molecule has 0 amide bonds. The quantitative estimate of drug-likeness (QED) is 0.760. The standard InChI is InChI=1S/C19H31ClN2/c1-6-8-9-22-18-11-17(20)15(13-21-7-2)10-16(18)14(3)12-19(22,4)5/h10-11,14,21H,6-9,12-13H2,1-5H3/t14-/m0/s1. The van der Waals surface area contributed by atoms with Crippen molar-refractivity contribution in [2.24, 2.45) is 0 Å². The van der Waals surface area contributed by atoms with Gasteiger partial charge in [-0.25, -0.2) is 0 Å². The van der Waals surface area contributed by atoms with Crippen LogP contribution in [0.25, 0.3) is 0 Å². The van der Waals surface area contributed by atoms with E-state index in [2.05, 4.69) is 57.0 Å². The number of halogens is 1. The molecular formula is C19H31ClN2. The van der Waals surface area contributed by atoms with Gasteiger partial charge in [-0.2, -0.15) is 0 Å². The van der Waals surface area contributed by atoms with Crippen LogP contribution in [0.15, 0.2) is 12.1 Å². The van der Waals surface area contributed by atoms with Gasteiger partial charge in [0, 0.05) is 29.3 Å². The Bertz CT molecular complexity index is 510. The van der Waals surface area contributed by atoms with E-state index >= 15 is 0 Å². The largest absolute Gasteiger partial charge is 0.366 e. The zero-order valence-corrected chi connectivity index (χ0v) is 15.6. The fraction of sp³-hybridized carbons (Fsp3) is 0.684. The van der Waals surface area contributed by atoms with Crippen LogP contribution in [-0.4, -0.2) is 18.6 Å². The highest BCUT2D eigenvalue weighted by atomic mass is 35.5. The summed E-state index contributed by atoms with van der Waals surface area (Å²) in [5.74, 6) is 0.584. The third kappa shape index (κ3) is 3.60. The maximum Gasteiger partial charge on any atom is 0.0471 e. The molecule has 1 atom stereocenters. The van der Waals surface area contributed by atoms with Crippen molar-refractivity contribution in [1.82, 2.24) is 5.32 Å². The Morgan fingerprint density at radius 3 is 2.68 bits per heavy atom.